The molecule has 0 amide bonds. The molecule has 2 saturated carbocycles. The first-order valence-corrected chi connectivity index (χ1v) is 11.2. The van der Waals surface area contributed by atoms with E-state index in [-0.39, 0.29) is 16.6 Å². The third kappa shape index (κ3) is 2.52. The van der Waals surface area contributed by atoms with Gasteiger partial charge in [-0.05, 0) is 49.7 Å². The van der Waals surface area contributed by atoms with Crippen molar-refractivity contribution in [2.45, 2.75) is 90.5 Å². The van der Waals surface area contributed by atoms with Gasteiger partial charge in [0.25, 0.3) is 0 Å². The maximum atomic E-state index is 12.6. The molecule has 116 valence electrons. The molecule has 0 aromatic rings. The summed E-state index contributed by atoms with van der Waals surface area (Å²) in [6.07, 6.45) is 6.59. The fourth-order valence-corrected chi connectivity index (χ4v) is 5.31. The molecule has 3 atom stereocenters. The summed E-state index contributed by atoms with van der Waals surface area (Å²) in [5.41, 5.74) is -0.145. The van der Waals surface area contributed by atoms with Crippen molar-refractivity contribution in [2.75, 3.05) is 0 Å². The maximum absolute atomic E-state index is 12.6. The minimum absolute atomic E-state index is 0.145. The lowest BCUT2D eigenvalue weighted by atomic mass is 9.63. The van der Waals surface area contributed by atoms with E-state index in [1.807, 2.05) is 0 Å². The Hall–Kier alpha value is -0.153. The minimum Gasteiger partial charge on any atom is -0.413 e. The predicted molar refractivity (Wildman–Crippen MR) is 86.4 cm³/mol. The molecule has 0 aromatic carbocycles. The van der Waals surface area contributed by atoms with E-state index in [9.17, 15) is 4.79 Å². The number of hydrogen-bond acceptors (Lipinski definition) is 2. The largest absolute Gasteiger partial charge is 0.413 e. The number of carbonyl (C=O) groups excluding carboxylic acids is 1. The lowest BCUT2D eigenvalue weighted by molar-refractivity contribution is -0.139. The molecule has 2 aliphatic rings. The molecule has 0 N–H and O–H groups in total. The van der Waals surface area contributed by atoms with Gasteiger partial charge < -0.3 is 4.43 Å². The topological polar surface area (TPSA) is 26.3 Å². The van der Waals surface area contributed by atoms with Crippen LogP contribution in [0.5, 0.6) is 0 Å². The van der Waals surface area contributed by atoms with Crippen LogP contribution in [0.25, 0.3) is 0 Å². The molecular weight excluding hydrogens is 264 g/mol. The molecule has 2 aliphatic carbocycles. The van der Waals surface area contributed by atoms with Crippen LogP contribution in [-0.4, -0.2) is 20.2 Å². The number of ketones is 1. The molecule has 0 heterocycles. The summed E-state index contributed by atoms with van der Waals surface area (Å²) in [7, 11) is -1.80. The van der Waals surface area contributed by atoms with Gasteiger partial charge in [0, 0.05) is 6.42 Å². The van der Waals surface area contributed by atoms with Gasteiger partial charge in [-0.2, -0.15) is 0 Å². The van der Waals surface area contributed by atoms with Crippen molar-refractivity contribution in [3.05, 3.63) is 0 Å². The standard InChI is InChI=1S/C17H32O2Si/c1-13-9-7-11-15(17(13)12-8-10-14(17)18)19-20(5,6)16(2,3)4/h13,15H,7-12H2,1-6H3/t13-,15-,17+/m1/s1. The molecule has 0 aromatic heterocycles. The molecule has 2 nitrogen and oxygen atoms in total. The third-order valence-corrected chi connectivity index (χ3v) is 10.8. The van der Waals surface area contributed by atoms with Crippen LogP contribution in [0.2, 0.25) is 18.1 Å². The number of hydrogen-bond donors (Lipinski definition) is 0. The Labute approximate surface area is 125 Å². The summed E-state index contributed by atoms with van der Waals surface area (Å²) in [6.45, 7) is 13.8. The highest BCUT2D eigenvalue weighted by molar-refractivity contribution is 6.74. The third-order valence-electron chi connectivity index (χ3n) is 6.31. The second-order valence-electron chi connectivity index (χ2n) is 8.52. The molecule has 0 saturated heterocycles. The van der Waals surface area contributed by atoms with Crippen molar-refractivity contribution in [3.63, 3.8) is 0 Å². The van der Waals surface area contributed by atoms with Crippen LogP contribution in [0.1, 0.15) is 66.2 Å². The summed E-state index contributed by atoms with van der Waals surface area (Å²) in [5.74, 6) is 0.995. The fourth-order valence-electron chi connectivity index (χ4n) is 3.91. The summed E-state index contributed by atoms with van der Waals surface area (Å²) in [6, 6.07) is 0. The van der Waals surface area contributed by atoms with Crippen LogP contribution in [0.15, 0.2) is 0 Å². The molecule has 2 rings (SSSR count). The SMILES string of the molecule is C[C@@H]1CCC[C@@H](O[Si](C)(C)C(C)(C)C)[C@@]12CCCC2=O. The molecular formula is C17H32O2Si. The van der Waals surface area contributed by atoms with Gasteiger partial charge in [-0.3, -0.25) is 4.79 Å². The Bertz CT molecular complexity index is 383. The zero-order chi connectivity index (χ0) is 15.2. The first-order chi connectivity index (χ1) is 9.11. The van der Waals surface area contributed by atoms with Gasteiger partial charge in [0.05, 0.1) is 11.5 Å². The highest BCUT2D eigenvalue weighted by Crippen LogP contribution is 2.53. The van der Waals surface area contributed by atoms with E-state index in [2.05, 4.69) is 40.8 Å². The van der Waals surface area contributed by atoms with Gasteiger partial charge in [0.2, 0.25) is 0 Å². The van der Waals surface area contributed by atoms with Gasteiger partial charge >= 0.3 is 0 Å². The average molecular weight is 297 g/mol. The summed E-state index contributed by atoms with van der Waals surface area (Å²) >= 11 is 0. The molecule has 3 heteroatoms. The first kappa shape index (κ1) is 16.2. The van der Waals surface area contributed by atoms with E-state index in [4.69, 9.17) is 4.43 Å². The van der Waals surface area contributed by atoms with Gasteiger partial charge in [0.1, 0.15) is 5.78 Å². The van der Waals surface area contributed by atoms with Crippen molar-refractivity contribution in [1.82, 2.24) is 0 Å². The normalized spacial score (nSPS) is 35.8. The van der Waals surface area contributed by atoms with Crippen LogP contribution in [0.3, 0.4) is 0 Å². The quantitative estimate of drug-likeness (QED) is 0.675. The van der Waals surface area contributed by atoms with Gasteiger partial charge in [0.15, 0.2) is 8.32 Å². The minimum atomic E-state index is -1.80. The molecule has 20 heavy (non-hydrogen) atoms. The van der Waals surface area contributed by atoms with E-state index < -0.39 is 8.32 Å². The lowest BCUT2D eigenvalue weighted by Crippen LogP contribution is -2.54. The molecule has 0 aliphatic heterocycles. The molecule has 0 bridgehead atoms. The zero-order valence-electron chi connectivity index (χ0n) is 14.2. The van der Waals surface area contributed by atoms with E-state index >= 15 is 0 Å². The highest BCUT2D eigenvalue weighted by Gasteiger charge is 2.55. The van der Waals surface area contributed by atoms with Crippen molar-refractivity contribution in [1.29, 1.82) is 0 Å². The van der Waals surface area contributed by atoms with Crippen molar-refractivity contribution >= 4 is 14.1 Å². The summed E-state index contributed by atoms with van der Waals surface area (Å²) < 4.78 is 6.74. The highest BCUT2D eigenvalue weighted by atomic mass is 28.4. The Balaban J connectivity index is 2.27. The smallest absolute Gasteiger partial charge is 0.192 e. The summed E-state index contributed by atoms with van der Waals surface area (Å²) in [5, 5.41) is 0.219. The first-order valence-electron chi connectivity index (χ1n) is 8.32. The number of carbonyl (C=O) groups is 1. The van der Waals surface area contributed by atoms with E-state index in [1.165, 1.54) is 12.8 Å². The number of rotatable bonds is 2. The van der Waals surface area contributed by atoms with E-state index in [0.29, 0.717) is 11.7 Å². The summed E-state index contributed by atoms with van der Waals surface area (Å²) in [4.78, 5) is 12.6. The van der Waals surface area contributed by atoms with Crippen LogP contribution in [0.4, 0.5) is 0 Å². The number of Topliss-reactive ketones (excluding diaryl/α,β-unsaturated/α-hetero) is 1. The van der Waals surface area contributed by atoms with Gasteiger partial charge in [-0.1, -0.05) is 34.1 Å². The predicted octanol–water partition coefficient (Wildman–Crippen LogP) is 4.94. The van der Waals surface area contributed by atoms with Crippen LogP contribution < -0.4 is 0 Å². The van der Waals surface area contributed by atoms with Gasteiger partial charge in [-0.15, -0.1) is 0 Å². The van der Waals surface area contributed by atoms with Gasteiger partial charge in [-0.25, -0.2) is 0 Å². The van der Waals surface area contributed by atoms with Crippen molar-refractivity contribution in [3.8, 4) is 0 Å². The van der Waals surface area contributed by atoms with Crippen LogP contribution in [0, 0.1) is 11.3 Å². The second-order valence-corrected chi connectivity index (χ2v) is 13.3. The Morgan fingerprint density at radius 2 is 1.85 bits per heavy atom. The maximum Gasteiger partial charge on any atom is 0.192 e. The van der Waals surface area contributed by atoms with Crippen molar-refractivity contribution in [2.24, 2.45) is 11.3 Å². The lowest BCUT2D eigenvalue weighted by Gasteiger charge is -2.49. The van der Waals surface area contributed by atoms with Crippen LogP contribution >= 0.6 is 0 Å². The van der Waals surface area contributed by atoms with Crippen molar-refractivity contribution < 1.29 is 9.22 Å². The van der Waals surface area contributed by atoms with E-state index in [0.717, 1.165) is 25.7 Å². The van der Waals surface area contributed by atoms with E-state index in [1.54, 1.807) is 0 Å². The molecule has 0 unspecified atom stereocenters. The van der Waals surface area contributed by atoms with Crippen LogP contribution in [-0.2, 0) is 9.22 Å². The Morgan fingerprint density at radius 1 is 1.20 bits per heavy atom. The average Bonchev–Trinajstić information content (AvgIpc) is 2.67. The second kappa shape index (κ2) is 5.24. The molecule has 0 radical (unpaired) electrons. The zero-order valence-corrected chi connectivity index (χ0v) is 15.2. The Morgan fingerprint density at radius 3 is 2.35 bits per heavy atom. The molecule has 1 spiro atoms. The Kier molecular flexibility index (Phi) is 4.25. The fraction of sp³-hybridized carbons (Fsp3) is 0.941. The monoisotopic (exact) mass is 296 g/mol. The molecule has 2 fully saturated rings.